The largest absolute Gasteiger partial charge is 0.463 e. The topological polar surface area (TPSA) is 78.9 Å². The van der Waals surface area contributed by atoms with Crippen LogP contribution in [-0.4, -0.2) is 21.5 Å². The first kappa shape index (κ1) is 17.6. The van der Waals surface area contributed by atoms with Gasteiger partial charge in [-0.25, -0.2) is 4.79 Å². The van der Waals surface area contributed by atoms with Crippen molar-refractivity contribution in [3.8, 4) is 5.75 Å². The Kier molecular flexibility index (Phi) is 5.59. The molecule has 0 atom stereocenters. The van der Waals surface area contributed by atoms with Gasteiger partial charge in [0.05, 0.1) is 7.11 Å². The summed E-state index contributed by atoms with van der Waals surface area (Å²) in [6.45, 7) is 1.83. The highest BCUT2D eigenvalue weighted by molar-refractivity contribution is 7.86. The van der Waals surface area contributed by atoms with Gasteiger partial charge in [-0.1, -0.05) is 35.9 Å². The molecule has 0 heterocycles. The Bertz CT molecular complexity index is 823. The normalized spacial score (nSPS) is 11.7. The molecule has 2 aromatic carbocycles. The number of para-hydroxylation sites is 1. The summed E-state index contributed by atoms with van der Waals surface area (Å²) in [6, 6.07) is 14.5. The molecule has 0 aliphatic heterocycles. The number of carbonyl (C=O) groups is 1. The molecule has 2 aromatic rings. The van der Waals surface area contributed by atoms with Crippen LogP contribution in [0.3, 0.4) is 0 Å². The van der Waals surface area contributed by atoms with Crippen LogP contribution >= 0.6 is 0 Å². The minimum Gasteiger partial charge on any atom is -0.463 e. The quantitative estimate of drug-likeness (QED) is 0.346. The molecule has 0 N–H and O–H groups in total. The van der Waals surface area contributed by atoms with E-state index in [4.69, 9.17) is 8.92 Å². The molecule has 0 unspecified atom stereocenters. The third-order valence-electron chi connectivity index (χ3n) is 2.95. The van der Waals surface area contributed by atoms with Crippen molar-refractivity contribution in [1.29, 1.82) is 0 Å². The molecular weight excluding hydrogens is 332 g/mol. The van der Waals surface area contributed by atoms with E-state index in [0.29, 0.717) is 12.0 Å². The molecule has 2 rings (SSSR count). The molecule has 0 amide bonds. The minimum atomic E-state index is -4.07. The van der Waals surface area contributed by atoms with E-state index < -0.39 is 16.1 Å². The molecule has 6 nitrogen and oxygen atoms in total. The molecule has 0 radical (unpaired) electrons. The molecular formula is C17H16O6S. The lowest BCUT2D eigenvalue weighted by Crippen LogP contribution is -2.13. The molecule has 0 bridgehead atoms. The second-order valence-electron chi connectivity index (χ2n) is 4.75. The Balaban J connectivity index is 2.23. The molecule has 0 aromatic heterocycles. The van der Waals surface area contributed by atoms with Gasteiger partial charge in [-0.05, 0) is 31.2 Å². The highest BCUT2D eigenvalue weighted by Gasteiger charge is 2.18. The molecule has 0 spiro atoms. The van der Waals surface area contributed by atoms with Crippen LogP contribution in [-0.2, 0) is 23.8 Å². The number of esters is 1. The van der Waals surface area contributed by atoms with Crippen LogP contribution in [0.4, 0.5) is 0 Å². The maximum atomic E-state index is 12.1. The Morgan fingerprint density at radius 3 is 2.21 bits per heavy atom. The fourth-order valence-electron chi connectivity index (χ4n) is 1.70. The lowest BCUT2D eigenvalue weighted by Gasteiger charge is -2.09. The predicted octanol–water partition coefficient (Wildman–Crippen LogP) is 2.79. The van der Waals surface area contributed by atoms with Gasteiger partial charge in [0.25, 0.3) is 0 Å². The van der Waals surface area contributed by atoms with Crippen LogP contribution in [0.15, 0.2) is 71.5 Å². The summed E-state index contributed by atoms with van der Waals surface area (Å²) in [7, 11) is -2.92. The molecule has 24 heavy (non-hydrogen) atoms. The first-order chi connectivity index (χ1) is 11.4. The number of benzene rings is 2. The van der Waals surface area contributed by atoms with Gasteiger partial charge in [-0.15, -0.1) is 0 Å². The molecule has 0 fully saturated rings. The van der Waals surface area contributed by atoms with Gasteiger partial charge in [0.1, 0.15) is 10.6 Å². The first-order valence-corrected chi connectivity index (χ1v) is 8.34. The molecule has 126 valence electrons. The van der Waals surface area contributed by atoms with E-state index in [1.165, 1.54) is 12.1 Å². The monoisotopic (exact) mass is 348 g/mol. The smallest absolute Gasteiger partial charge is 0.377 e. The summed E-state index contributed by atoms with van der Waals surface area (Å²) in [5.41, 5.74) is 0.909. The van der Waals surface area contributed by atoms with Crippen molar-refractivity contribution in [3.63, 3.8) is 0 Å². The summed E-state index contributed by atoms with van der Waals surface area (Å²) in [5, 5.41) is 0. The van der Waals surface area contributed by atoms with E-state index in [2.05, 4.69) is 4.74 Å². The zero-order valence-corrected chi connectivity index (χ0v) is 13.9. The van der Waals surface area contributed by atoms with Gasteiger partial charge in [0, 0.05) is 0 Å². The van der Waals surface area contributed by atoms with Gasteiger partial charge in [0.2, 0.25) is 5.76 Å². The number of hydrogen-bond acceptors (Lipinski definition) is 6. The second kappa shape index (κ2) is 7.65. The van der Waals surface area contributed by atoms with E-state index in [-0.39, 0.29) is 10.7 Å². The number of ether oxygens (including phenoxy) is 2. The number of methoxy groups -OCH3 is 1. The van der Waals surface area contributed by atoms with Crippen LogP contribution in [0.2, 0.25) is 0 Å². The molecule has 0 saturated carbocycles. The highest BCUT2D eigenvalue weighted by Crippen LogP contribution is 2.17. The van der Waals surface area contributed by atoms with E-state index in [9.17, 15) is 13.2 Å². The summed E-state index contributed by atoms with van der Waals surface area (Å²) >= 11 is 0. The van der Waals surface area contributed by atoms with Crippen molar-refractivity contribution in [2.24, 2.45) is 0 Å². The lowest BCUT2D eigenvalue weighted by atomic mass is 10.2. The van der Waals surface area contributed by atoms with Crippen molar-refractivity contribution in [1.82, 2.24) is 0 Å². The maximum absolute atomic E-state index is 12.1. The third kappa shape index (κ3) is 4.60. The van der Waals surface area contributed by atoms with Crippen molar-refractivity contribution >= 4 is 16.1 Å². The fourth-order valence-corrected chi connectivity index (χ4v) is 2.49. The zero-order chi connectivity index (χ0) is 17.6. The lowest BCUT2D eigenvalue weighted by molar-refractivity contribution is -0.138. The van der Waals surface area contributed by atoms with Gasteiger partial charge in [0.15, 0.2) is 6.26 Å². The second-order valence-corrected chi connectivity index (χ2v) is 6.32. The van der Waals surface area contributed by atoms with Gasteiger partial charge in [-0.2, -0.15) is 8.42 Å². The van der Waals surface area contributed by atoms with E-state index in [1.54, 1.807) is 42.5 Å². The van der Waals surface area contributed by atoms with Crippen LogP contribution in [0.25, 0.3) is 0 Å². The third-order valence-corrected chi connectivity index (χ3v) is 4.15. The van der Waals surface area contributed by atoms with E-state index in [0.717, 1.165) is 12.7 Å². The Morgan fingerprint density at radius 2 is 1.62 bits per heavy atom. The van der Waals surface area contributed by atoms with Crippen molar-refractivity contribution in [2.45, 2.75) is 11.8 Å². The summed E-state index contributed by atoms with van der Waals surface area (Å²) in [5.74, 6) is -0.914. The summed E-state index contributed by atoms with van der Waals surface area (Å²) in [4.78, 5) is 11.7. The van der Waals surface area contributed by atoms with Crippen molar-refractivity contribution < 1.29 is 26.9 Å². The Morgan fingerprint density at radius 1 is 1.00 bits per heavy atom. The first-order valence-electron chi connectivity index (χ1n) is 6.94. The SMILES string of the molecule is COC(=O)/C(=C/OS(=O)(=O)c1ccc(C)cc1)Oc1ccccc1. The fraction of sp³-hybridized carbons (Fsp3) is 0.118. The number of rotatable bonds is 6. The summed E-state index contributed by atoms with van der Waals surface area (Å²) in [6.07, 6.45) is 0.716. The average molecular weight is 348 g/mol. The van der Waals surface area contributed by atoms with Crippen LogP contribution < -0.4 is 4.74 Å². The molecule has 0 aliphatic carbocycles. The van der Waals surface area contributed by atoms with Gasteiger partial charge >= 0.3 is 16.1 Å². The average Bonchev–Trinajstić information content (AvgIpc) is 2.59. The van der Waals surface area contributed by atoms with Gasteiger partial charge < -0.3 is 13.7 Å². The van der Waals surface area contributed by atoms with E-state index >= 15 is 0 Å². The molecule has 0 aliphatic rings. The molecule has 0 saturated heterocycles. The van der Waals surface area contributed by atoms with Gasteiger partial charge in [-0.3, -0.25) is 0 Å². The minimum absolute atomic E-state index is 0.0340. The maximum Gasteiger partial charge on any atom is 0.377 e. The van der Waals surface area contributed by atoms with Crippen LogP contribution in [0.5, 0.6) is 5.75 Å². The van der Waals surface area contributed by atoms with Crippen molar-refractivity contribution in [3.05, 3.63) is 72.2 Å². The van der Waals surface area contributed by atoms with Crippen LogP contribution in [0, 0.1) is 6.92 Å². The van der Waals surface area contributed by atoms with E-state index in [1.807, 2.05) is 6.92 Å². The standard InChI is InChI=1S/C17H16O6S/c1-13-8-10-15(11-9-13)24(19,20)22-12-16(17(18)21-2)23-14-6-4-3-5-7-14/h3-12H,1-2H3/b16-12-. The number of aryl methyl sites for hydroxylation is 1. The number of carbonyl (C=O) groups excluding carboxylic acids is 1. The predicted molar refractivity (Wildman–Crippen MR) is 86.6 cm³/mol. The Hall–Kier alpha value is -2.80. The molecule has 7 heteroatoms. The highest BCUT2D eigenvalue weighted by atomic mass is 32.2. The zero-order valence-electron chi connectivity index (χ0n) is 13.1. The van der Waals surface area contributed by atoms with Crippen LogP contribution in [0.1, 0.15) is 5.56 Å². The Labute approximate surface area is 140 Å². The summed E-state index contributed by atoms with van der Waals surface area (Å²) < 4.78 is 38.9. The number of hydrogen-bond donors (Lipinski definition) is 0. The van der Waals surface area contributed by atoms with Crippen molar-refractivity contribution in [2.75, 3.05) is 7.11 Å².